The number of alkyl halides is 3. The lowest BCUT2D eigenvalue weighted by molar-refractivity contribution is -0.184. The number of benzene rings is 1. The van der Waals surface area contributed by atoms with E-state index in [1.54, 1.807) is 0 Å². The molecule has 1 heterocycles. The summed E-state index contributed by atoms with van der Waals surface area (Å²) in [4.78, 5) is 16.2. The van der Waals surface area contributed by atoms with Gasteiger partial charge in [0.05, 0.1) is 11.1 Å². The molecule has 1 aliphatic rings. The fraction of sp³-hybridized carbons (Fsp3) is 0.333. The monoisotopic (exact) mass is 477 g/mol. The predicted octanol–water partition coefficient (Wildman–Crippen LogP) is 6.70. The van der Waals surface area contributed by atoms with E-state index in [1.165, 1.54) is 38.1 Å². The van der Waals surface area contributed by atoms with E-state index in [0.29, 0.717) is 0 Å². The molecule has 2 aromatic rings. The van der Waals surface area contributed by atoms with Crippen molar-refractivity contribution in [2.75, 3.05) is 0 Å². The molecule has 1 saturated carbocycles. The fourth-order valence-electron chi connectivity index (χ4n) is 4.32. The minimum Gasteiger partial charge on any atom is -0.481 e. The smallest absolute Gasteiger partial charge is 0.398 e. The highest BCUT2D eigenvalue weighted by atomic mass is 35.5. The van der Waals surface area contributed by atoms with Crippen molar-refractivity contribution >= 4 is 29.2 Å². The van der Waals surface area contributed by atoms with Crippen molar-refractivity contribution < 1.29 is 32.2 Å². The minimum atomic E-state index is -4.95. The molecule has 0 spiro atoms. The van der Waals surface area contributed by atoms with E-state index in [4.69, 9.17) is 27.9 Å². The van der Waals surface area contributed by atoms with E-state index in [0.717, 1.165) is 24.3 Å². The van der Waals surface area contributed by atoms with Gasteiger partial charge in [-0.15, -0.1) is 0 Å². The Labute approximate surface area is 185 Å². The second-order valence-corrected chi connectivity index (χ2v) is 8.77. The molecule has 0 aliphatic heterocycles. The van der Waals surface area contributed by atoms with Crippen LogP contribution in [0.15, 0.2) is 53.0 Å². The van der Waals surface area contributed by atoms with E-state index >= 15 is 0 Å². The van der Waals surface area contributed by atoms with Gasteiger partial charge in [0.15, 0.2) is 0 Å². The normalized spacial score (nSPS) is 23.0. The van der Waals surface area contributed by atoms with Crippen molar-refractivity contribution in [1.82, 2.24) is 4.98 Å². The Hall–Kier alpha value is -2.32. The maximum absolute atomic E-state index is 14.3. The zero-order valence-electron chi connectivity index (χ0n) is 16.3. The van der Waals surface area contributed by atoms with Crippen LogP contribution in [-0.4, -0.2) is 22.2 Å². The molecule has 3 rings (SSSR count). The van der Waals surface area contributed by atoms with Crippen LogP contribution >= 0.6 is 23.2 Å². The number of pyridine rings is 1. The van der Waals surface area contributed by atoms with Gasteiger partial charge in [0.2, 0.25) is 5.88 Å². The fourth-order valence-corrected chi connectivity index (χ4v) is 4.57. The third kappa shape index (κ3) is 4.11. The van der Waals surface area contributed by atoms with Crippen LogP contribution in [0, 0.1) is 22.6 Å². The van der Waals surface area contributed by atoms with Crippen molar-refractivity contribution in [1.29, 1.82) is 0 Å². The van der Waals surface area contributed by atoms with Crippen LogP contribution in [0.5, 0.6) is 11.6 Å². The summed E-state index contributed by atoms with van der Waals surface area (Å²) in [6.45, 7) is 2.83. The van der Waals surface area contributed by atoms with Crippen molar-refractivity contribution in [2.24, 2.45) is 16.7 Å². The second kappa shape index (κ2) is 7.98. The van der Waals surface area contributed by atoms with E-state index in [2.05, 4.69) is 4.98 Å². The van der Waals surface area contributed by atoms with E-state index in [9.17, 15) is 27.5 Å². The SMILES string of the molecule is CC1(C)C(C=C(Cl)Cl)[C@]1(C(=O)O)[C@H](c1cccc(Oc2ccc(F)cc2)n1)C(F)(F)F. The van der Waals surface area contributed by atoms with E-state index in [-0.39, 0.29) is 16.1 Å². The topological polar surface area (TPSA) is 59.4 Å². The van der Waals surface area contributed by atoms with Gasteiger partial charge in [-0.3, -0.25) is 4.79 Å². The molecule has 3 atom stereocenters. The van der Waals surface area contributed by atoms with Crippen LogP contribution in [0.4, 0.5) is 17.6 Å². The first-order chi connectivity index (χ1) is 14.3. The molecule has 0 radical (unpaired) electrons. The Balaban J connectivity index is 2.09. The number of aliphatic carboxylic acids is 1. The summed E-state index contributed by atoms with van der Waals surface area (Å²) >= 11 is 11.3. The Morgan fingerprint density at radius 3 is 2.32 bits per heavy atom. The van der Waals surface area contributed by atoms with Gasteiger partial charge in [-0.05, 0) is 41.8 Å². The molecule has 10 heteroatoms. The average molecular weight is 478 g/mol. The highest BCUT2D eigenvalue weighted by molar-refractivity contribution is 6.55. The summed E-state index contributed by atoms with van der Waals surface area (Å²) in [5.41, 5.74) is -4.12. The first-order valence-corrected chi connectivity index (χ1v) is 9.80. The van der Waals surface area contributed by atoms with Gasteiger partial charge in [-0.2, -0.15) is 13.2 Å². The van der Waals surface area contributed by atoms with Crippen LogP contribution in [0.1, 0.15) is 25.5 Å². The molecule has 4 nitrogen and oxygen atoms in total. The summed E-state index contributed by atoms with van der Waals surface area (Å²) in [5.74, 6) is -5.73. The summed E-state index contributed by atoms with van der Waals surface area (Å²) in [5, 5.41) is 9.94. The standard InChI is InChI=1S/C21H17Cl2F4NO3/c1-19(2)14(10-15(22)23)20(19,18(29)30)17(21(25,26)27)13-4-3-5-16(28-13)31-12-8-6-11(24)7-9-12/h3-10,14,17H,1-2H3,(H,29,30)/t14?,17-,20+/m0/s1. The first kappa shape index (κ1) is 23.3. The van der Waals surface area contributed by atoms with Crippen LogP contribution in [-0.2, 0) is 4.79 Å². The molecule has 1 unspecified atom stereocenters. The number of carboxylic acids is 1. The van der Waals surface area contributed by atoms with Gasteiger partial charge < -0.3 is 9.84 Å². The van der Waals surface area contributed by atoms with Crippen LogP contribution in [0.25, 0.3) is 0 Å². The number of halogens is 6. The molecule has 1 aliphatic carbocycles. The molecule has 0 bridgehead atoms. The molecular formula is C21H17Cl2F4NO3. The van der Waals surface area contributed by atoms with Crippen molar-refractivity contribution in [2.45, 2.75) is 25.9 Å². The molecular weight excluding hydrogens is 461 g/mol. The van der Waals surface area contributed by atoms with Gasteiger partial charge >= 0.3 is 12.1 Å². The third-order valence-corrected chi connectivity index (χ3v) is 6.01. The molecule has 1 aromatic heterocycles. The molecule has 1 N–H and O–H groups in total. The lowest BCUT2D eigenvalue weighted by Gasteiger charge is -2.29. The first-order valence-electron chi connectivity index (χ1n) is 9.05. The van der Waals surface area contributed by atoms with Crippen LogP contribution < -0.4 is 4.74 Å². The van der Waals surface area contributed by atoms with Gasteiger partial charge in [0.25, 0.3) is 0 Å². The molecule has 1 aromatic carbocycles. The number of aromatic nitrogens is 1. The number of allylic oxidation sites excluding steroid dienone is 1. The molecule has 1 fully saturated rings. The lowest BCUT2D eigenvalue weighted by atomic mass is 9.79. The average Bonchev–Trinajstić information content (AvgIpc) is 3.11. The van der Waals surface area contributed by atoms with E-state index in [1.807, 2.05) is 0 Å². The summed E-state index contributed by atoms with van der Waals surface area (Å²) in [6.07, 6.45) is -3.83. The number of ether oxygens (including phenoxy) is 1. The van der Waals surface area contributed by atoms with Gasteiger partial charge in [0, 0.05) is 12.0 Å². The lowest BCUT2D eigenvalue weighted by Crippen LogP contribution is -2.39. The second-order valence-electron chi connectivity index (χ2n) is 7.76. The summed E-state index contributed by atoms with van der Waals surface area (Å²) in [7, 11) is 0. The Morgan fingerprint density at radius 1 is 1.19 bits per heavy atom. The van der Waals surface area contributed by atoms with Crippen molar-refractivity contribution in [3.63, 3.8) is 0 Å². The number of carboxylic acid groups (broad SMARTS) is 1. The van der Waals surface area contributed by atoms with Crippen LogP contribution in [0.3, 0.4) is 0 Å². The number of nitrogens with zero attached hydrogens (tertiary/aromatic N) is 1. The highest BCUT2D eigenvalue weighted by Crippen LogP contribution is 2.77. The Kier molecular flexibility index (Phi) is 6.01. The van der Waals surface area contributed by atoms with Gasteiger partial charge in [0.1, 0.15) is 22.0 Å². The maximum Gasteiger partial charge on any atom is 0.398 e. The third-order valence-electron chi connectivity index (χ3n) is 5.76. The minimum absolute atomic E-state index is 0.157. The van der Waals surface area contributed by atoms with E-state index < -0.39 is 46.3 Å². The predicted molar refractivity (Wildman–Crippen MR) is 107 cm³/mol. The van der Waals surface area contributed by atoms with Gasteiger partial charge in [-0.25, -0.2) is 9.37 Å². The van der Waals surface area contributed by atoms with Crippen LogP contribution in [0.2, 0.25) is 0 Å². The Bertz CT molecular complexity index is 1020. The summed E-state index contributed by atoms with van der Waals surface area (Å²) in [6, 6.07) is 8.52. The zero-order valence-corrected chi connectivity index (χ0v) is 17.8. The molecule has 31 heavy (non-hydrogen) atoms. The van der Waals surface area contributed by atoms with Crippen molar-refractivity contribution in [3.05, 3.63) is 64.5 Å². The number of carbonyl (C=O) groups is 1. The maximum atomic E-state index is 14.3. The molecule has 0 amide bonds. The zero-order chi connectivity index (χ0) is 23.2. The number of hydrogen-bond donors (Lipinski definition) is 1. The molecule has 0 saturated heterocycles. The Morgan fingerprint density at radius 2 is 1.81 bits per heavy atom. The number of hydrogen-bond acceptors (Lipinski definition) is 3. The largest absolute Gasteiger partial charge is 0.481 e. The van der Waals surface area contributed by atoms with Gasteiger partial charge in [-0.1, -0.05) is 43.1 Å². The number of rotatable bonds is 6. The highest BCUT2D eigenvalue weighted by Gasteiger charge is 2.82. The quantitative estimate of drug-likeness (QED) is 0.470. The van der Waals surface area contributed by atoms with Crippen molar-refractivity contribution in [3.8, 4) is 11.6 Å². The summed E-state index contributed by atoms with van der Waals surface area (Å²) < 4.78 is 61.0. The molecule has 166 valence electrons.